The topological polar surface area (TPSA) is 3.24 Å². The second kappa shape index (κ2) is 8.62. The zero-order valence-electron chi connectivity index (χ0n) is 15.5. The molecule has 0 saturated heterocycles. The number of halogens is 1. The molecule has 0 amide bonds. The summed E-state index contributed by atoms with van der Waals surface area (Å²) in [6, 6.07) is 20.1. The Hall–Kier alpha value is -1.67. The number of rotatable bonds is 7. The summed E-state index contributed by atoms with van der Waals surface area (Å²) in [6.45, 7) is 3.30. The summed E-state index contributed by atoms with van der Waals surface area (Å²) >= 11 is 0. The van der Waals surface area contributed by atoms with Gasteiger partial charge >= 0.3 is 0 Å². The summed E-state index contributed by atoms with van der Waals surface area (Å²) in [7, 11) is 2.20. The van der Waals surface area contributed by atoms with Crippen LogP contribution in [0.3, 0.4) is 0 Å². The van der Waals surface area contributed by atoms with E-state index in [-0.39, 0.29) is 0 Å². The molecule has 0 bridgehead atoms. The van der Waals surface area contributed by atoms with Gasteiger partial charge in [0.2, 0.25) is 0 Å². The van der Waals surface area contributed by atoms with Crippen molar-refractivity contribution in [1.29, 1.82) is 0 Å². The van der Waals surface area contributed by atoms with Crippen LogP contribution in [-0.2, 0) is 13.0 Å². The summed E-state index contributed by atoms with van der Waals surface area (Å²) in [5, 5.41) is 0. The smallest absolute Gasteiger partial charge is 0.101 e. The zero-order chi connectivity index (χ0) is 17.6. The first-order chi connectivity index (χ1) is 12.1. The summed E-state index contributed by atoms with van der Waals surface area (Å²) in [5.74, 6) is 0.431. The fourth-order valence-corrected chi connectivity index (χ4v) is 3.81. The van der Waals surface area contributed by atoms with Crippen LogP contribution in [-0.4, -0.2) is 24.2 Å². The maximum absolute atomic E-state index is 13.4. The molecule has 25 heavy (non-hydrogen) atoms. The summed E-state index contributed by atoms with van der Waals surface area (Å²) in [6.07, 6.45) is 4.10. The third-order valence-corrected chi connectivity index (χ3v) is 5.70. The first-order valence-corrected chi connectivity index (χ1v) is 9.59. The highest BCUT2D eigenvalue weighted by Gasteiger charge is 2.25. The Labute approximate surface area is 151 Å². The molecule has 0 N–H and O–H groups in total. The van der Waals surface area contributed by atoms with E-state index in [4.69, 9.17) is 0 Å². The quantitative estimate of drug-likeness (QED) is 0.621. The molecule has 0 spiro atoms. The normalized spacial score (nSPS) is 21.6. The minimum absolute atomic E-state index is 0.431. The molecule has 1 aliphatic rings. The highest BCUT2D eigenvalue weighted by atomic mass is 19.1. The molecular formula is C23H30FN. The molecule has 134 valence electrons. The summed E-state index contributed by atoms with van der Waals surface area (Å²) < 4.78 is 13.4. The predicted molar refractivity (Wildman–Crippen MR) is 104 cm³/mol. The number of nitrogens with zero attached hydrogens (tertiary/aromatic N) is 1. The molecule has 1 nitrogen and oxygen atoms in total. The van der Waals surface area contributed by atoms with E-state index in [2.05, 4.69) is 73.5 Å². The van der Waals surface area contributed by atoms with Crippen molar-refractivity contribution < 1.29 is 4.39 Å². The molecule has 0 radical (unpaired) electrons. The Morgan fingerprint density at radius 1 is 1.00 bits per heavy atom. The van der Waals surface area contributed by atoms with Crippen molar-refractivity contribution in [2.24, 2.45) is 0 Å². The molecule has 3 rings (SSSR count). The maximum atomic E-state index is 13.4. The highest BCUT2D eigenvalue weighted by Crippen LogP contribution is 2.36. The lowest BCUT2D eigenvalue weighted by atomic mass is 9.95. The Balaban J connectivity index is 1.47. The second-order valence-corrected chi connectivity index (χ2v) is 7.64. The second-order valence-electron chi connectivity index (χ2n) is 7.64. The monoisotopic (exact) mass is 339 g/mol. The lowest BCUT2D eigenvalue weighted by Crippen LogP contribution is -2.28. The van der Waals surface area contributed by atoms with Gasteiger partial charge in [0.15, 0.2) is 0 Å². The zero-order valence-corrected chi connectivity index (χ0v) is 15.5. The van der Waals surface area contributed by atoms with E-state index in [1.165, 1.54) is 16.7 Å². The molecule has 0 aliphatic heterocycles. The van der Waals surface area contributed by atoms with Gasteiger partial charge in [-0.3, -0.25) is 4.90 Å². The molecule has 1 saturated carbocycles. The Morgan fingerprint density at radius 3 is 2.36 bits per heavy atom. The van der Waals surface area contributed by atoms with Gasteiger partial charge in [-0.2, -0.15) is 0 Å². The van der Waals surface area contributed by atoms with Crippen LogP contribution in [0.25, 0.3) is 0 Å². The van der Waals surface area contributed by atoms with Gasteiger partial charge in [-0.1, -0.05) is 54.6 Å². The molecule has 2 aromatic carbocycles. The molecule has 3 unspecified atom stereocenters. The number of aryl methyl sites for hydroxylation is 1. The van der Waals surface area contributed by atoms with Gasteiger partial charge in [-0.15, -0.1) is 0 Å². The van der Waals surface area contributed by atoms with Crippen LogP contribution in [0.1, 0.15) is 55.2 Å². The predicted octanol–water partition coefficient (Wildman–Crippen LogP) is 5.75. The van der Waals surface area contributed by atoms with E-state index in [1.54, 1.807) is 0 Å². The average molecular weight is 339 g/mol. The van der Waals surface area contributed by atoms with Gasteiger partial charge < -0.3 is 0 Å². The third kappa shape index (κ3) is 5.15. The van der Waals surface area contributed by atoms with Crippen molar-refractivity contribution >= 4 is 0 Å². The van der Waals surface area contributed by atoms with Gasteiger partial charge in [-0.05, 0) is 68.7 Å². The maximum Gasteiger partial charge on any atom is 0.101 e. The van der Waals surface area contributed by atoms with E-state index >= 15 is 0 Å². The number of hydrogen-bond acceptors (Lipinski definition) is 1. The van der Waals surface area contributed by atoms with E-state index in [1.807, 2.05) is 0 Å². The van der Waals surface area contributed by atoms with Crippen LogP contribution in [0.15, 0.2) is 54.6 Å². The van der Waals surface area contributed by atoms with Crippen molar-refractivity contribution in [3.05, 3.63) is 71.3 Å². The lowest BCUT2D eigenvalue weighted by molar-refractivity contribution is 0.238. The molecule has 3 atom stereocenters. The SMILES string of the molecule is CC(CCc1ccc(C2CCC(F)C2)cc1)N(C)Cc1ccccc1. The van der Waals surface area contributed by atoms with Crippen LogP contribution >= 0.6 is 0 Å². The minimum Gasteiger partial charge on any atom is -0.299 e. The van der Waals surface area contributed by atoms with Crippen molar-refractivity contribution in [3.63, 3.8) is 0 Å². The van der Waals surface area contributed by atoms with E-state index in [0.29, 0.717) is 18.4 Å². The van der Waals surface area contributed by atoms with E-state index < -0.39 is 6.17 Å². The minimum atomic E-state index is -0.592. The van der Waals surface area contributed by atoms with Crippen LogP contribution in [0, 0.1) is 0 Å². The van der Waals surface area contributed by atoms with Gasteiger partial charge in [0.25, 0.3) is 0 Å². The van der Waals surface area contributed by atoms with E-state index in [9.17, 15) is 4.39 Å². The molecular weight excluding hydrogens is 309 g/mol. The van der Waals surface area contributed by atoms with Crippen molar-refractivity contribution in [2.75, 3.05) is 7.05 Å². The molecule has 0 heterocycles. The third-order valence-electron chi connectivity index (χ3n) is 5.70. The van der Waals surface area contributed by atoms with Gasteiger partial charge in [0, 0.05) is 12.6 Å². The molecule has 1 fully saturated rings. The summed E-state index contributed by atoms with van der Waals surface area (Å²) in [5.41, 5.74) is 4.07. The average Bonchev–Trinajstić information content (AvgIpc) is 3.07. The van der Waals surface area contributed by atoms with Crippen molar-refractivity contribution in [3.8, 4) is 0 Å². The first kappa shape index (κ1) is 18.1. The Bertz CT molecular complexity index is 637. The number of alkyl halides is 1. The first-order valence-electron chi connectivity index (χ1n) is 9.59. The Kier molecular flexibility index (Phi) is 6.25. The standard InChI is InChI=1S/C23H30FN/c1-18(25(2)17-20-6-4-3-5-7-20)8-9-19-10-12-21(13-11-19)22-14-15-23(24)16-22/h3-7,10-13,18,22-23H,8-9,14-17H2,1-2H3. The molecule has 2 heteroatoms. The van der Waals surface area contributed by atoms with Gasteiger partial charge in [-0.25, -0.2) is 4.39 Å². The van der Waals surface area contributed by atoms with Crippen LogP contribution in [0.2, 0.25) is 0 Å². The molecule has 0 aromatic heterocycles. The van der Waals surface area contributed by atoms with Crippen LogP contribution < -0.4 is 0 Å². The van der Waals surface area contributed by atoms with Gasteiger partial charge in [0.05, 0.1) is 0 Å². The van der Waals surface area contributed by atoms with Crippen LogP contribution in [0.4, 0.5) is 4.39 Å². The lowest BCUT2D eigenvalue weighted by Gasteiger charge is -2.25. The van der Waals surface area contributed by atoms with Gasteiger partial charge in [0.1, 0.15) is 6.17 Å². The van der Waals surface area contributed by atoms with Crippen molar-refractivity contribution in [1.82, 2.24) is 4.90 Å². The number of hydrogen-bond donors (Lipinski definition) is 0. The van der Waals surface area contributed by atoms with E-state index in [0.717, 1.165) is 32.2 Å². The Morgan fingerprint density at radius 2 is 1.72 bits per heavy atom. The number of benzene rings is 2. The van der Waals surface area contributed by atoms with Crippen molar-refractivity contribution in [2.45, 2.75) is 63.7 Å². The fraction of sp³-hybridized carbons (Fsp3) is 0.478. The van der Waals surface area contributed by atoms with Crippen LogP contribution in [0.5, 0.6) is 0 Å². The summed E-state index contributed by atoms with van der Waals surface area (Å²) in [4.78, 5) is 2.42. The molecule has 1 aliphatic carbocycles. The highest BCUT2D eigenvalue weighted by molar-refractivity contribution is 5.26. The fourth-order valence-electron chi connectivity index (χ4n) is 3.81. The largest absolute Gasteiger partial charge is 0.299 e. The molecule has 2 aromatic rings.